The van der Waals surface area contributed by atoms with Gasteiger partial charge in [0.2, 0.25) is 0 Å². The summed E-state index contributed by atoms with van der Waals surface area (Å²) in [6.45, 7) is 3.59. The Morgan fingerprint density at radius 2 is 1.44 bits per heavy atom. The third-order valence-electron chi connectivity index (χ3n) is 2.54. The van der Waals surface area contributed by atoms with E-state index in [1.165, 1.54) is 13.8 Å². The average Bonchev–Trinajstić information content (AvgIpc) is 2.55. The molecule has 2 aliphatic heterocycles. The maximum absolute atomic E-state index is 10.7. The monoisotopic (exact) mass is 258 g/mol. The van der Waals surface area contributed by atoms with Crippen molar-refractivity contribution >= 4 is 17.9 Å². The standard InChI is InChI=1S/C6H8O4.C6H10O2/c1-3-5(7)10-4(2)6(8)9-3;7-6-4-2-1-3-5-8-6/h3-4H,1-2H3;1-5H2. The lowest BCUT2D eigenvalue weighted by molar-refractivity contribution is -0.191. The van der Waals surface area contributed by atoms with Crippen molar-refractivity contribution in [2.75, 3.05) is 6.61 Å². The first-order chi connectivity index (χ1) is 8.50. The topological polar surface area (TPSA) is 78.9 Å². The molecule has 102 valence electrons. The highest BCUT2D eigenvalue weighted by Gasteiger charge is 2.32. The van der Waals surface area contributed by atoms with E-state index < -0.39 is 24.1 Å². The number of carbonyl (C=O) groups excluding carboxylic acids is 3. The van der Waals surface area contributed by atoms with Gasteiger partial charge in [0.15, 0.2) is 12.2 Å². The molecule has 2 atom stereocenters. The molecule has 6 nitrogen and oxygen atoms in total. The molecule has 0 aromatic rings. The molecule has 0 amide bonds. The minimum atomic E-state index is -0.747. The van der Waals surface area contributed by atoms with Crippen molar-refractivity contribution in [1.29, 1.82) is 0 Å². The second-order valence-electron chi connectivity index (χ2n) is 4.19. The lowest BCUT2D eigenvalue weighted by Gasteiger charge is -2.22. The Labute approximate surface area is 106 Å². The molecular formula is C12H18O6. The second-order valence-corrected chi connectivity index (χ2v) is 4.19. The molecule has 0 saturated carbocycles. The number of cyclic esters (lactones) is 3. The van der Waals surface area contributed by atoms with Gasteiger partial charge in [-0.1, -0.05) is 0 Å². The van der Waals surface area contributed by atoms with Crippen LogP contribution in [-0.4, -0.2) is 36.7 Å². The first kappa shape index (κ1) is 14.5. The highest BCUT2D eigenvalue weighted by atomic mass is 16.6. The van der Waals surface area contributed by atoms with Crippen LogP contribution in [0.2, 0.25) is 0 Å². The third-order valence-corrected chi connectivity index (χ3v) is 2.54. The predicted molar refractivity (Wildman–Crippen MR) is 60.5 cm³/mol. The van der Waals surface area contributed by atoms with Gasteiger partial charge in [0.1, 0.15) is 0 Å². The Balaban J connectivity index is 0.000000184. The summed E-state index contributed by atoms with van der Waals surface area (Å²) in [5, 5.41) is 0. The molecule has 2 aliphatic rings. The Hall–Kier alpha value is -1.59. The smallest absolute Gasteiger partial charge is 0.347 e. The first-order valence-electron chi connectivity index (χ1n) is 6.07. The van der Waals surface area contributed by atoms with Crippen molar-refractivity contribution in [3.8, 4) is 0 Å². The van der Waals surface area contributed by atoms with E-state index in [-0.39, 0.29) is 5.97 Å². The highest BCUT2D eigenvalue weighted by molar-refractivity contribution is 5.86. The van der Waals surface area contributed by atoms with Gasteiger partial charge in [0, 0.05) is 6.42 Å². The van der Waals surface area contributed by atoms with Crippen LogP contribution < -0.4 is 0 Å². The fraction of sp³-hybridized carbons (Fsp3) is 0.750. The van der Waals surface area contributed by atoms with E-state index in [1.54, 1.807) is 0 Å². The minimum absolute atomic E-state index is 0.0255. The van der Waals surface area contributed by atoms with E-state index in [4.69, 9.17) is 4.74 Å². The molecular weight excluding hydrogens is 240 g/mol. The van der Waals surface area contributed by atoms with Crippen LogP contribution in [0.5, 0.6) is 0 Å². The lowest BCUT2D eigenvalue weighted by atomic mass is 10.2. The van der Waals surface area contributed by atoms with Gasteiger partial charge in [0.25, 0.3) is 0 Å². The van der Waals surface area contributed by atoms with E-state index in [9.17, 15) is 14.4 Å². The van der Waals surface area contributed by atoms with Gasteiger partial charge in [-0.3, -0.25) is 4.79 Å². The molecule has 0 aromatic carbocycles. The summed E-state index contributed by atoms with van der Waals surface area (Å²) in [6.07, 6.45) is 2.34. The molecule has 0 aromatic heterocycles. The summed E-state index contributed by atoms with van der Waals surface area (Å²) in [5.41, 5.74) is 0. The van der Waals surface area contributed by atoms with E-state index in [1.807, 2.05) is 0 Å². The van der Waals surface area contributed by atoms with Crippen LogP contribution >= 0.6 is 0 Å². The van der Waals surface area contributed by atoms with Crippen molar-refractivity contribution in [2.24, 2.45) is 0 Å². The van der Waals surface area contributed by atoms with Crippen molar-refractivity contribution in [3.05, 3.63) is 0 Å². The summed E-state index contributed by atoms with van der Waals surface area (Å²) in [7, 11) is 0. The average molecular weight is 258 g/mol. The molecule has 0 spiro atoms. The van der Waals surface area contributed by atoms with Crippen LogP contribution in [0.4, 0.5) is 0 Å². The summed E-state index contributed by atoms with van der Waals surface area (Å²) in [5.74, 6) is -0.985. The van der Waals surface area contributed by atoms with Gasteiger partial charge in [-0.25, -0.2) is 9.59 Å². The van der Waals surface area contributed by atoms with Crippen molar-refractivity contribution in [1.82, 2.24) is 0 Å². The number of rotatable bonds is 0. The van der Waals surface area contributed by atoms with Gasteiger partial charge >= 0.3 is 17.9 Å². The molecule has 2 fully saturated rings. The predicted octanol–water partition coefficient (Wildman–Crippen LogP) is 0.967. The molecule has 2 heterocycles. The second kappa shape index (κ2) is 6.98. The summed E-state index contributed by atoms with van der Waals surface area (Å²) < 4.78 is 14.0. The van der Waals surface area contributed by atoms with E-state index in [2.05, 4.69) is 9.47 Å². The molecule has 0 N–H and O–H groups in total. The number of hydrogen-bond donors (Lipinski definition) is 0. The summed E-state index contributed by atoms with van der Waals surface area (Å²) in [4.78, 5) is 31.8. The third kappa shape index (κ3) is 4.73. The van der Waals surface area contributed by atoms with Crippen molar-refractivity contribution in [3.63, 3.8) is 0 Å². The molecule has 6 heteroatoms. The van der Waals surface area contributed by atoms with Gasteiger partial charge in [0.05, 0.1) is 6.61 Å². The van der Waals surface area contributed by atoms with Crippen LogP contribution in [0.1, 0.15) is 39.5 Å². The molecule has 0 bridgehead atoms. The largest absolute Gasteiger partial charge is 0.466 e. The van der Waals surface area contributed by atoms with Crippen LogP contribution in [-0.2, 0) is 28.6 Å². The maximum atomic E-state index is 10.7. The van der Waals surface area contributed by atoms with E-state index in [0.717, 1.165) is 19.3 Å². The van der Waals surface area contributed by atoms with Crippen molar-refractivity contribution in [2.45, 2.75) is 51.7 Å². The Morgan fingerprint density at radius 3 is 2.00 bits per heavy atom. The fourth-order valence-corrected chi connectivity index (χ4v) is 1.44. The van der Waals surface area contributed by atoms with Gasteiger partial charge in [-0.05, 0) is 33.1 Å². The normalized spacial score (nSPS) is 28.0. The number of esters is 3. The van der Waals surface area contributed by atoms with Gasteiger partial charge < -0.3 is 14.2 Å². The number of hydrogen-bond acceptors (Lipinski definition) is 6. The Bertz CT molecular complexity index is 295. The molecule has 0 aliphatic carbocycles. The van der Waals surface area contributed by atoms with Crippen LogP contribution in [0.25, 0.3) is 0 Å². The molecule has 18 heavy (non-hydrogen) atoms. The summed E-state index contributed by atoms with van der Waals surface area (Å²) in [6, 6.07) is 0. The van der Waals surface area contributed by atoms with Crippen LogP contribution in [0.15, 0.2) is 0 Å². The zero-order valence-corrected chi connectivity index (χ0v) is 10.6. The van der Waals surface area contributed by atoms with Gasteiger partial charge in [-0.2, -0.15) is 0 Å². The lowest BCUT2D eigenvalue weighted by Crippen LogP contribution is -2.40. The van der Waals surface area contributed by atoms with Crippen LogP contribution in [0, 0.1) is 0 Å². The quantitative estimate of drug-likeness (QED) is 0.476. The molecule has 2 saturated heterocycles. The van der Waals surface area contributed by atoms with Crippen molar-refractivity contribution < 1.29 is 28.6 Å². The van der Waals surface area contributed by atoms with E-state index in [0.29, 0.717) is 13.0 Å². The molecule has 2 unspecified atom stereocenters. The summed E-state index contributed by atoms with van der Waals surface area (Å²) >= 11 is 0. The number of carbonyl (C=O) groups is 3. The SMILES string of the molecule is CC1OC(=O)C(C)OC1=O.O=C1CCCCCO1. The molecule has 2 rings (SSSR count). The fourth-order valence-electron chi connectivity index (χ4n) is 1.44. The zero-order chi connectivity index (χ0) is 13.5. The first-order valence-corrected chi connectivity index (χ1v) is 6.07. The zero-order valence-electron chi connectivity index (χ0n) is 10.6. The highest BCUT2D eigenvalue weighted by Crippen LogP contribution is 2.08. The maximum Gasteiger partial charge on any atom is 0.347 e. The Morgan fingerprint density at radius 1 is 0.889 bits per heavy atom. The molecule has 0 radical (unpaired) electrons. The van der Waals surface area contributed by atoms with E-state index >= 15 is 0 Å². The van der Waals surface area contributed by atoms with Gasteiger partial charge in [-0.15, -0.1) is 0 Å². The Kier molecular flexibility index (Phi) is 5.61. The minimum Gasteiger partial charge on any atom is -0.466 e. The number of ether oxygens (including phenoxy) is 3. The van der Waals surface area contributed by atoms with Crippen LogP contribution in [0.3, 0.4) is 0 Å².